The summed E-state index contributed by atoms with van der Waals surface area (Å²) < 4.78 is 5.07. The predicted molar refractivity (Wildman–Crippen MR) is 105 cm³/mol. The lowest BCUT2D eigenvalue weighted by atomic mass is 10.1. The number of carbonyl (C=O) groups excluding carboxylic acids is 2. The van der Waals surface area contributed by atoms with Crippen molar-refractivity contribution in [1.29, 1.82) is 0 Å². The maximum atomic E-state index is 12.6. The van der Waals surface area contributed by atoms with Crippen LogP contribution in [0.1, 0.15) is 64.0 Å². The highest BCUT2D eigenvalue weighted by molar-refractivity contribution is 7.13. The number of nitrogens with zero attached hydrogens (tertiary/aromatic N) is 2. The van der Waals surface area contributed by atoms with Gasteiger partial charge in [-0.15, -0.1) is 11.3 Å². The lowest BCUT2D eigenvalue weighted by Crippen LogP contribution is -2.29. The van der Waals surface area contributed by atoms with Crippen LogP contribution in [-0.2, 0) is 11.3 Å². The van der Waals surface area contributed by atoms with E-state index in [9.17, 15) is 9.59 Å². The van der Waals surface area contributed by atoms with Crippen LogP contribution < -0.4 is 5.32 Å². The SMILES string of the molecule is CCOC(=O)c1c(C)[nH]c(C(=O)Nc2nc(CN3CCCCC3)cs2)c1C. The summed E-state index contributed by atoms with van der Waals surface area (Å²) in [4.78, 5) is 34.7. The van der Waals surface area contributed by atoms with E-state index in [1.807, 2.05) is 5.38 Å². The Bertz CT molecular complexity index is 821. The van der Waals surface area contributed by atoms with Crippen molar-refractivity contribution >= 4 is 28.3 Å². The molecule has 0 saturated carbocycles. The molecule has 146 valence electrons. The number of aromatic amines is 1. The molecular formula is C19H26N4O3S. The largest absolute Gasteiger partial charge is 0.462 e. The molecule has 0 radical (unpaired) electrons. The number of likely N-dealkylation sites (tertiary alicyclic amines) is 1. The van der Waals surface area contributed by atoms with Crippen LogP contribution in [0.25, 0.3) is 0 Å². The zero-order chi connectivity index (χ0) is 19.4. The molecule has 0 atom stereocenters. The van der Waals surface area contributed by atoms with E-state index in [1.54, 1.807) is 20.8 Å². The summed E-state index contributed by atoms with van der Waals surface area (Å²) in [6, 6.07) is 0. The number of ether oxygens (including phenoxy) is 1. The minimum absolute atomic E-state index is 0.295. The number of aromatic nitrogens is 2. The molecule has 0 aromatic carbocycles. The van der Waals surface area contributed by atoms with Crippen LogP contribution >= 0.6 is 11.3 Å². The maximum absolute atomic E-state index is 12.6. The van der Waals surface area contributed by atoms with Crippen molar-refractivity contribution < 1.29 is 14.3 Å². The Morgan fingerprint density at radius 2 is 2.04 bits per heavy atom. The predicted octanol–water partition coefficient (Wildman–Crippen LogP) is 3.50. The highest BCUT2D eigenvalue weighted by Crippen LogP contribution is 2.22. The van der Waals surface area contributed by atoms with Gasteiger partial charge in [0, 0.05) is 17.6 Å². The van der Waals surface area contributed by atoms with Gasteiger partial charge in [-0.3, -0.25) is 15.0 Å². The van der Waals surface area contributed by atoms with Crippen molar-refractivity contribution in [2.75, 3.05) is 25.0 Å². The van der Waals surface area contributed by atoms with Crippen molar-refractivity contribution in [2.45, 2.75) is 46.6 Å². The van der Waals surface area contributed by atoms with E-state index >= 15 is 0 Å². The lowest BCUT2D eigenvalue weighted by molar-refractivity contribution is 0.0525. The maximum Gasteiger partial charge on any atom is 0.340 e. The van der Waals surface area contributed by atoms with E-state index in [2.05, 4.69) is 20.2 Å². The van der Waals surface area contributed by atoms with E-state index in [1.165, 1.54) is 30.6 Å². The Morgan fingerprint density at radius 1 is 1.30 bits per heavy atom. The topological polar surface area (TPSA) is 87.3 Å². The number of esters is 1. The van der Waals surface area contributed by atoms with Crippen LogP contribution in [0.5, 0.6) is 0 Å². The quantitative estimate of drug-likeness (QED) is 0.737. The van der Waals surface area contributed by atoms with Crippen LogP contribution in [0.4, 0.5) is 5.13 Å². The molecule has 1 aliphatic rings. The molecule has 3 rings (SSSR count). The van der Waals surface area contributed by atoms with Gasteiger partial charge in [0.2, 0.25) is 0 Å². The minimum atomic E-state index is -0.416. The second kappa shape index (κ2) is 8.67. The number of nitrogens with one attached hydrogen (secondary N) is 2. The van der Waals surface area contributed by atoms with Gasteiger partial charge in [-0.2, -0.15) is 0 Å². The van der Waals surface area contributed by atoms with Gasteiger partial charge in [0.1, 0.15) is 5.69 Å². The monoisotopic (exact) mass is 390 g/mol. The van der Waals surface area contributed by atoms with Gasteiger partial charge in [0.25, 0.3) is 5.91 Å². The zero-order valence-electron chi connectivity index (χ0n) is 16.1. The fraction of sp³-hybridized carbons (Fsp3) is 0.526. The molecule has 1 fully saturated rings. The molecule has 3 heterocycles. The van der Waals surface area contributed by atoms with Gasteiger partial charge >= 0.3 is 5.97 Å². The van der Waals surface area contributed by atoms with Crippen LogP contribution in [0.2, 0.25) is 0 Å². The molecule has 1 amide bonds. The molecule has 2 aromatic rings. The molecule has 0 unspecified atom stereocenters. The molecule has 8 heteroatoms. The van der Waals surface area contributed by atoms with Crippen LogP contribution in [0.3, 0.4) is 0 Å². The zero-order valence-corrected chi connectivity index (χ0v) is 16.9. The van der Waals surface area contributed by atoms with Crippen LogP contribution in [-0.4, -0.2) is 46.4 Å². The highest BCUT2D eigenvalue weighted by Gasteiger charge is 2.23. The van der Waals surface area contributed by atoms with Crippen molar-refractivity contribution in [3.63, 3.8) is 0 Å². The molecule has 27 heavy (non-hydrogen) atoms. The normalized spacial score (nSPS) is 14.9. The molecule has 1 saturated heterocycles. The van der Waals surface area contributed by atoms with Crippen molar-refractivity contribution in [3.8, 4) is 0 Å². The first kappa shape index (κ1) is 19.6. The van der Waals surface area contributed by atoms with Crippen LogP contribution in [0, 0.1) is 13.8 Å². The van der Waals surface area contributed by atoms with E-state index in [-0.39, 0.29) is 5.91 Å². The van der Waals surface area contributed by atoms with E-state index < -0.39 is 5.97 Å². The first-order chi connectivity index (χ1) is 13.0. The Balaban J connectivity index is 1.67. The van der Waals surface area contributed by atoms with Crippen molar-refractivity contribution in [3.05, 3.63) is 33.6 Å². The first-order valence-electron chi connectivity index (χ1n) is 9.34. The second-order valence-electron chi connectivity index (χ2n) is 6.78. The summed E-state index contributed by atoms with van der Waals surface area (Å²) >= 11 is 1.42. The summed E-state index contributed by atoms with van der Waals surface area (Å²) in [6.07, 6.45) is 3.78. The fourth-order valence-electron chi connectivity index (χ4n) is 3.43. The Morgan fingerprint density at radius 3 is 2.74 bits per heavy atom. The summed E-state index contributed by atoms with van der Waals surface area (Å²) in [5, 5.41) is 5.39. The number of rotatable bonds is 6. The van der Waals surface area contributed by atoms with E-state index in [0.717, 1.165) is 25.3 Å². The van der Waals surface area contributed by atoms with Gasteiger partial charge in [-0.1, -0.05) is 6.42 Å². The third-order valence-electron chi connectivity index (χ3n) is 4.75. The first-order valence-corrected chi connectivity index (χ1v) is 10.2. The van der Waals surface area contributed by atoms with Crippen LogP contribution in [0.15, 0.2) is 5.38 Å². The number of hydrogen-bond acceptors (Lipinski definition) is 6. The third-order valence-corrected chi connectivity index (χ3v) is 5.56. The highest BCUT2D eigenvalue weighted by atomic mass is 32.1. The number of amides is 1. The number of thiazole rings is 1. The average molecular weight is 391 g/mol. The fourth-order valence-corrected chi connectivity index (χ4v) is 4.13. The number of aryl methyl sites for hydroxylation is 1. The Hall–Kier alpha value is -2.19. The molecule has 2 aromatic heterocycles. The number of piperidine rings is 1. The number of carbonyl (C=O) groups is 2. The standard InChI is InChI=1S/C19H26N4O3S/c1-4-26-18(25)15-12(2)16(20-13(15)3)17(24)22-19-21-14(11-27-19)10-23-8-6-5-7-9-23/h11,20H,4-10H2,1-3H3,(H,21,22,24). The summed E-state index contributed by atoms with van der Waals surface area (Å²) in [5.41, 5.74) is 2.98. The summed E-state index contributed by atoms with van der Waals surface area (Å²) in [5.74, 6) is -0.717. The van der Waals surface area contributed by atoms with Gasteiger partial charge in [-0.25, -0.2) is 9.78 Å². The molecule has 2 N–H and O–H groups in total. The Kier molecular flexibility index (Phi) is 6.28. The minimum Gasteiger partial charge on any atom is -0.462 e. The molecule has 0 bridgehead atoms. The van der Waals surface area contributed by atoms with Gasteiger partial charge in [-0.05, 0) is 52.3 Å². The molecule has 0 spiro atoms. The second-order valence-corrected chi connectivity index (χ2v) is 7.64. The lowest BCUT2D eigenvalue weighted by Gasteiger charge is -2.25. The average Bonchev–Trinajstić information content (AvgIpc) is 3.19. The Labute approximate surface area is 163 Å². The number of hydrogen-bond donors (Lipinski definition) is 2. The third kappa shape index (κ3) is 4.56. The molecular weight excluding hydrogens is 364 g/mol. The summed E-state index contributed by atoms with van der Waals surface area (Å²) in [7, 11) is 0. The van der Waals surface area contributed by atoms with Gasteiger partial charge in [0.15, 0.2) is 5.13 Å². The summed E-state index contributed by atoms with van der Waals surface area (Å²) in [6.45, 7) is 8.59. The number of H-pyrrole nitrogens is 1. The van der Waals surface area contributed by atoms with Gasteiger partial charge < -0.3 is 9.72 Å². The smallest absolute Gasteiger partial charge is 0.340 e. The molecule has 7 nitrogen and oxygen atoms in total. The van der Waals surface area contributed by atoms with Gasteiger partial charge in [0.05, 0.1) is 17.9 Å². The number of anilines is 1. The van der Waals surface area contributed by atoms with E-state index in [0.29, 0.717) is 34.3 Å². The molecule has 0 aliphatic carbocycles. The molecule has 1 aliphatic heterocycles. The van der Waals surface area contributed by atoms with Crippen molar-refractivity contribution in [1.82, 2.24) is 14.9 Å². The van der Waals surface area contributed by atoms with Crippen molar-refractivity contribution in [2.24, 2.45) is 0 Å². The van der Waals surface area contributed by atoms with E-state index in [4.69, 9.17) is 4.74 Å².